The quantitative estimate of drug-likeness (QED) is 0.783. The summed E-state index contributed by atoms with van der Waals surface area (Å²) in [5, 5.41) is 16.8. The first kappa shape index (κ1) is 14.6. The molecule has 0 atom stereocenters. The van der Waals surface area contributed by atoms with E-state index < -0.39 is 5.97 Å². The molecular formula is C12H21N3O3. The summed E-state index contributed by atoms with van der Waals surface area (Å²) < 4.78 is 7.01. The summed E-state index contributed by atoms with van der Waals surface area (Å²) in [6.45, 7) is 9.61. The smallest absolute Gasteiger partial charge is 0.358 e. The summed E-state index contributed by atoms with van der Waals surface area (Å²) in [6, 6.07) is 0. The number of carbonyl (C=O) groups is 1. The van der Waals surface area contributed by atoms with Crippen molar-refractivity contribution in [2.24, 2.45) is 0 Å². The van der Waals surface area contributed by atoms with Gasteiger partial charge in [0.2, 0.25) is 0 Å². The van der Waals surface area contributed by atoms with E-state index in [0.29, 0.717) is 25.5 Å². The number of carboxylic acids is 1. The van der Waals surface area contributed by atoms with E-state index in [1.54, 1.807) is 4.68 Å². The van der Waals surface area contributed by atoms with Gasteiger partial charge in [-0.05, 0) is 6.42 Å². The van der Waals surface area contributed by atoms with Crippen molar-refractivity contribution in [1.29, 1.82) is 0 Å². The summed E-state index contributed by atoms with van der Waals surface area (Å²) in [7, 11) is 0. The molecule has 6 heteroatoms. The second-order valence-corrected chi connectivity index (χ2v) is 5.18. The zero-order chi connectivity index (χ0) is 13.8. The topological polar surface area (TPSA) is 77.2 Å². The zero-order valence-corrected chi connectivity index (χ0v) is 11.4. The molecule has 1 rings (SSSR count). The number of ether oxygens (including phenoxy) is 1. The molecule has 0 amide bonds. The molecule has 0 bridgehead atoms. The molecule has 18 heavy (non-hydrogen) atoms. The summed E-state index contributed by atoms with van der Waals surface area (Å²) >= 11 is 0. The van der Waals surface area contributed by atoms with Gasteiger partial charge in [-0.25, -0.2) is 9.48 Å². The molecule has 1 aromatic rings. The lowest BCUT2D eigenvalue weighted by Crippen LogP contribution is -2.23. The monoisotopic (exact) mass is 255 g/mol. The largest absolute Gasteiger partial charge is 0.476 e. The van der Waals surface area contributed by atoms with Gasteiger partial charge in [-0.2, -0.15) is 0 Å². The average Bonchev–Trinajstić information content (AvgIpc) is 2.68. The highest BCUT2D eigenvalue weighted by molar-refractivity contribution is 5.86. The molecule has 0 aliphatic rings. The molecule has 0 saturated heterocycles. The Kier molecular flexibility index (Phi) is 4.84. The van der Waals surface area contributed by atoms with Crippen LogP contribution in [-0.4, -0.2) is 39.3 Å². The first-order valence-electron chi connectivity index (χ1n) is 6.13. The van der Waals surface area contributed by atoms with Crippen molar-refractivity contribution in [2.75, 3.05) is 13.2 Å². The maximum Gasteiger partial charge on any atom is 0.358 e. The molecule has 0 fully saturated rings. The predicted octanol–water partition coefficient (Wildman–Crippen LogP) is 1.70. The molecule has 0 aliphatic heterocycles. The van der Waals surface area contributed by atoms with E-state index in [1.807, 2.05) is 27.7 Å². The van der Waals surface area contributed by atoms with Crippen molar-refractivity contribution in [3.8, 4) is 0 Å². The minimum Gasteiger partial charge on any atom is -0.476 e. The lowest BCUT2D eigenvalue weighted by Gasteiger charge is -2.20. The van der Waals surface area contributed by atoms with Crippen LogP contribution in [0.3, 0.4) is 0 Å². The van der Waals surface area contributed by atoms with Gasteiger partial charge in [0.25, 0.3) is 0 Å². The molecule has 0 aliphatic carbocycles. The fourth-order valence-electron chi connectivity index (χ4n) is 1.75. The van der Waals surface area contributed by atoms with E-state index >= 15 is 0 Å². The van der Waals surface area contributed by atoms with Gasteiger partial charge < -0.3 is 9.84 Å². The number of aromatic nitrogens is 3. The molecule has 6 nitrogen and oxygen atoms in total. The zero-order valence-electron chi connectivity index (χ0n) is 11.4. The number of nitrogens with zero attached hydrogens (tertiary/aromatic N) is 3. The molecule has 0 saturated carbocycles. The minimum absolute atomic E-state index is 0.0259. The average molecular weight is 255 g/mol. The molecular weight excluding hydrogens is 234 g/mol. The van der Waals surface area contributed by atoms with Crippen molar-refractivity contribution >= 4 is 5.97 Å². The minimum atomic E-state index is -1.04. The lowest BCUT2D eigenvalue weighted by atomic mass is 9.90. The van der Waals surface area contributed by atoms with E-state index in [9.17, 15) is 4.79 Å². The van der Waals surface area contributed by atoms with Crippen LogP contribution in [0.1, 0.15) is 50.3 Å². The van der Waals surface area contributed by atoms with Gasteiger partial charge in [0.05, 0.1) is 18.8 Å². The maximum absolute atomic E-state index is 11.1. The Morgan fingerprint density at radius 2 is 2.06 bits per heavy atom. The number of carboxylic acid groups (broad SMARTS) is 1. The van der Waals surface area contributed by atoms with Crippen LogP contribution in [0.2, 0.25) is 0 Å². The second-order valence-electron chi connectivity index (χ2n) is 5.18. The van der Waals surface area contributed by atoms with Gasteiger partial charge in [0.15, 0.2) is 5.69 Å². The Bertz CT molecular complexity index is 407. The second kappa shape index (κ2) is 5.95. The van der Waals surface area contributed by atoms with Crippen LogP contribution in [0, 0.1) is 0 Å². The third-order valence-electron chi connectivity index (χ3n) is 2.44. The van der Waals surface area contributed by atoms with Crippen molar-refractivity contribution < 1.29 is 14.6 Å². The molecule has 0 spiro atoms. The molecule has 0 radical (unpaired) electrons. The Labute approximate surface area is 107 Å². The molecule has 0 unspecified atom stereocenters. The van der Waals surface area contributed by atoms with Crippen LogP contribution in [-0.2, 0) is 16.7 Å². The van der Waals surface area contributed by atoms with Gasteiger partial charge >= 0.3 is 5.97 Å². The first-order chi connectivity index (χ1) is 8.38. The molecule has 1 N–H and O–H groups in total. The Hall–Kier alpha value is -1.43. The Morgan fingerprint density at radius 3 is 2.56 bits per heavy atom. The Morgan fingerprint density at radius 1 is 1.39 bits per heavy atom. The van der Waals surface area contributed by atoms with E-state index in [4.69, 9.17) is 9.84 Å². The molecule has 1 aromatic heterocycles. The number of hydrogen-bond acceptors (Lipinski definition) is 4. The maximum atomic E-state index is 11.1. The third kappa shape index (κ3) is 3.53. The van der Waals surface area contributed by atoms with Crippen molar-refractivity contribution in [2.45, 2.75) is 46.1 Å². The first-order valence-corrected chi connectivity index (χ1v) is 6.13. The molecule has 0 aromatic carbocycles. The highest BCUT2D eigenvalue weighted by Gasteiger charge is 2.28. The van der Waals surface area contributed by atoms with Crippen molar-refractivity contribution in [3.05, 3.63) is 11.4 Å². The van der Waals surface area contributed by atoms with E-state index in [-0.39, 0.29) is 11.1 Å². The number of rotatable bonds is 6. The fraction of sp³-hybridized carbons (Fsp3) is 0.750. The van der Waals surface area contributed by atoms with Gasteiger partial charge in [-0.15, -0.1) is 5.10 Å². The number of hydrogen-bond donors (Lipinski definition) is 1. The molecule has 1 heterocycles. The normalized spacial score (nSPS) is 11.8. The highest BCUT2D eigenvalue weighted by atomic mass is 16.5. The lowest BCUT2D eigenvalue weighted by molar-refractivity contribution is 0.0687. The SMILES string of the molecule is CCCOCCn1nnc(C(=O)O)c1C(C)(C)C. The third-order valence-corrected chi connectivity index (χ3v) is 2.44. The fourth-order valence-corrected chi connectivity index (χ4v) is 1.75. The van der Waals surface area contributed by atoms with E-state index in [2.05, 4.69) is 10.3 Å². The van der Waals surface area contributed by atoms with Gasteiger partial charge in [-0.1, -0.05) is 32.9 Å². The van der Waals surface area contributed by atoms with Gasteiger partial charge in [0.1, 0.15) is 0 Å². The highest BCUT2D eigenvalue weighted by Crippen LogP contribution is 2.24. The summed E-state index contributed by atoms with van der Waals surface area (Å²) in [5.41, 5.74) is 0.343. The van der Waals surface area contributed by atoms with Gasteiger partial charge in [-0.3, -0.25) is 0 Å². The summed E-state index contributed by atoms with van der Waals surface area (Å²) in [6.07, 6.45) is 0.962. The summed E-state index contributed by atoms with van der Waals surface area (Å²) in [4.78, 5) is 11.1. The van der Waals surface area contributed by atoms with Crippen LogP contribution in [0.4, 0.5) is 0 Å². The standard InChI is InChI=1S/C12H21N3O3/c1-5-7-18-8-6-15-10(12(2,3)4)9(11(16)17)13-14-15/h5-8H2,1-4H3,(H,16,17). The van der Waals surface area contributed by atoms with Crippen LogP contribution in [0.15, 0.2) is 0 Å². The summed E-state index contributed by atoms with van der Waals surface area (Å²) in [5.74, 6) is -1.04. The van der Waals surface area contributed by atoms with Crippen molar-refractivity contribution in [3.63, 3.8) is 0 Å². The van der Waals surface area contributed by atoms with Crippen LogP contribution < -0.4 is 0 Å². The number of aromatic carboxylic acids is 1. The molecule has 102 valence electrons. The van der Waals surface area contributed by atoms with Crippen molar-refractivity contribution in [1.82, 2.24) is 15.0 Å². The van der Waals surface area contributed by atoms with Crippen LogP contribution in [0.5, 0.6) is 0 Å². The van der Waals surface area contributed by atoms with Crippen LogP contribution in [0.25, 0.3) is 0 Å². The van der Waals surface area contributed by atoms with Crippen LogP contribution >= 0.6 is 0 Å². The van der Waals surface area contributed by atoms with E-state index in [0.717, 1.165) is 6.42 Å². The predicted molar refractivity (Wildman–Crippen MR) is 66.8 cm³/mol. The Balaban J connectivity index is 2.88. The van der Waals surface area contributed by atoms with E-state index in [1.165, 1.54) is 0 Å². The van der Waals surface area contributed by atoms with Gasteiger partial charge in [0, 0.05) is 12.0 Å².